The second-order valence-electron chi connectivity index (χ2n) is 3.93. The molecule has 0 fully saturated rings. The fourth-order valence-electron chi connectivity index (χ4n) is 1.74. The van der Waals surface area contributed by atoms with Crippen LogP contribution in [0.5, 0.6) is 0 Å². The minimum Gasteiger partial charge on any atom is -0.366 e. The second kappa shape index (κ2) is 4.66. The van der Waals surface area contributed by atoms with Crippen molar-refractivity contribution in [1.82, 2.24) is 9.97 Å². The summed E-state index contributed by atoms with van der Waals surface area (Å²) >= 11 is 1.57. The van der Waals surface area contributed by atoms with Crippen LogP contribution in [-0.2, 0) is 0 Å². The van der Waals surface area contributed by atoms with E-state index in [4.69, 9.17) is 5.73 Å². The van der Waals surface area contributed by atoms with E-state index in [2.05, 4.69) is 15.3 Å². The number of carbonyl (C=O) groups is 1. The number of amides is 1. The number of nitrogens with one attached hydrogen (secondary N) is 1. The third-order valence-corrected chi connectivity index (χ3v) is 3.51. The monoisotopic (exact) mass is 270 g/mol. The predicted octanol–water partition coefficient (Wildman–Crippen LogP) is 2.53. The molecule has 19 heavy (non-hydrogen) atoms. The van der Waals surface area contributed by atoms with E-state index in [0.717, 1.165) is 21.7 Å². The highest BCUT2D eigenvalue weighted by Crippen LogP contribution is 2.26. The van der Waals surface area contributed by atoms with Crippen LogP contribution in [0, 0.1) is 0 Å². The van der Waals surface area contributed by atoms with Crippen LogP contribution in [-0.4, -0.2) is 15.9 Å². The van der Waals surface area contributed by atoms with Crippen LogP contribution in [0.1, 0.15) is 10.4 Å². The molecule has 2 heterocycles. The van der Waals surface area contributed by atoms with Gasteiger partial charge in [-0.1, -0.05) is 0 Å². The van der Waals surface area contributed by atoms with Crippen molar-refractivity contribution in [2.24, 2.45) is 5.73 Å². The Labute approximate surface area is 113 Å². The number of hydrogen-bond donors (Lipinski definition) is 2. The smallest absolute Gasteiger partial charge is 0.248 e. The third-order valence-electron chi connectivity index (χ3n) is 2.69. The van der Waals surface area contributed by atoms with E-state index in [1.54, 1.807) is 35.6 Å². The van der Waals surface area contributed by atoms with Crippen molar-refractivity contribution in [3.05, 3.63) is 47.6 Å². The number of anilines is 2. The van der Waals surface area contributed by atoms with E-state index in [1.165, 1.54) is 6.33 Å². The maximum Gasteiger partial charge on any atom is 0.248 e. The molecule has 0 aliphatic carbocycles. The van der Waals surface area contributed by atoms with Crippen molar-refractivity contribution < 1.29 is 4.79 Å². The Bertz CT molecular complexity index is 736. The minimum absolute atomic E-state index is 0.436. The number of hydrogen-bond acceptors (Lipinski definition) is 5. The number of aromatic nitrogens is 2. The average molecular weight is 270 g/mol. The molecule has 0 aliphatic heterocycles. The molecule has 0 atom stereocenters. The molecule has 94 valence electrons. The predicted molar refractivity (Wildman–Crippen MR) is 75.7 cm³/mol. The molecule has 3 rings (SSSR count). The van der Waals surface area contributed by atoms with Crippen LogP contribution in [0.3, 0.4) is 0 Å². The van der Waals surface area contributed by atoms with E-state index < -0.39 is 5.91 Å². The van der Waals surface area contributed by atoms with Gasteiger partial charge in [-0.2, -0.15) is 0 Å². The molecular formula is C13H10N4OS. The van der Waals surface area contributed by atoms with Crippen LogP contribution in [0.25, 0.3) is 10.2 Å². The third kappa shape index (κ3) is 2.25. The normalized spacial score (nSPS) is 10.5. The summed E-state index contributed by atoms with van der Waals surface area (Å²) in [6.45, 7) is 0. The van der Waals surface area contributed by atoms with Crippen molar-refractivity contribution in [2.75, 3.05) is 5.32 Å². The number of fused-ring (bicyclic) bond motifs is 1. The first-order chi connectivity index (χ1) is 9.24. The summed E-state index contributed by atoms with van der Waals surface area (Å²) in [5.74, 6) is 0.312. The number of rotatable bonds is 3. The Balaban J connectivity index is 1.92. The number of nitrogens with zero attached hydrogens (tertiary/aromatic N) is 2. The summed E-state index contributed by atoms with van der Waals surface area (Å²) in [5.41, 5.74) is 6.52. The van der Waals surface area contributed by atoms with Crippen molar-refractivity contribution in [2.45, 2.75) is 0 Å². The largest absolute Gasteiger partial charge is 0.366 e. The first-order valence-corrected chi connectivity index (χ1v) is 6.47. The highest BCUT2D eigenvalue weighted by atomic mass is 32.1. The molecular weight excluding hydrogens is 260 g/mol. The summed E-state index contributed by atoms with van der Waals surface area (Å²) in [4.78, 5) is 20.3. The maximum atomic E-state index is 11.0. The molecule has 0 aliphatic rings. The molecule has 6 heteroatoms. The van der Waals surface area contributed by atoms with E-state index >= 15 is 0 Å². The summed E-state index contributed by atoms with van der Waals surface area (Å²) < 4.78 is 0. The summed E-state index contributed by atoms with van der Waals surface area (Å²) in [5, 5.41) is 6.15. The molecule has 0 saturated heterocycles. The van der Waals surface area contributed by atoms with Crippen molar-refractivity contribution in [1.29, 1.82) is 0 Å². The van der Waals surface area contributed by atoms with Gasteiger partial charge in [0.15, 0.2) is 0 Å². The fourth-order valence-corrected chi connectivity index (χ4v) is 2.48. The van der Waals surface area contributed by atoms with Crippen LogP contribution in [0.4, 0.5) is 11.5 Å². The molecule has 3 N–H and O–H groups in total. The Kier molecular flexibility index (Phi) is 2.85. The zero-order valence-corrected chi connectivity index (χ0v) is 10.6. The quantitative estimate of drug-likeness (QED) is 0.766. The van der Waals surface area contributed by atoms with Gasteiger partial charge in [0.05, 0.1) is 5.39 Å². The standard InChI is InChI=1S/C13H10N4OS/c14-11(18)8-1-3-9(4-2-8)17-12-10-5-6-19-13(10)16-7-15-12/h1-7H,(H2,14,18)(H,15,16,17). The number of carbonyl (C=O) groups excluding carboxylic acids is 1. The van der Waals surface area contributed by atoms with Crippen LogP contribution >= 0.6 is 11.3 Å². The van der Waals surface area contributed by atoms with Gasteiger partial charge >= 0.3 is 0 Å². The first kappa shape index (κ1) is 11.6. The number of primary amides is 1. The van der Waals surface area contributed by atoms with E-state index in [0.29, 0.717) is 5.56 Å². The lowest BCUT2D eigenvalue weighted by Gasteiger charge is -2.06. The summed E-state index contributed by atoms with van der Waals surface area (Å²) in [7, 11) is 0. The van der Waals surface area contributed by atoms with Gasteiger partial charge in [-0.3, -0.25) is 4.79 Å². The number of thiophene rings is 1. The topological polar surface area (TPSA) is 80.9 Å². The summed E-state index contributed by atoms with van der Waals surface area (Å²) in [6, 6.07) is 8.91. The van der Waals surface area contributed by atoms with Gasteiger partial charge in [0, 0.05) is 11.3 Å². The first-order valence-electron chi connectivity index (χ1n) is 5.59. The molecule has 2 aromatic heterocycles. The van der Waals surface area contributed by atoms with Gasteiger partial charge in [0.1, 0.15) is 17.0 Å². The SMILES string of the molecule is NC(=O)c1ccc(Nc2ncnc3sccc23)cc1. The number of benzene rings is 1. The van der Waals surface area contributed by atoms with Gasteiger partial charge < -0.3 is 11.1 Å². The molecule has 1 amide bonds. The lowest BCUT2D eigenvalue weighted by atomic mass is 10.2. The van der Waals surface area contributed by atoms with Gasteiger partial charge in [0.2, 0.25) is 5.91 Å². The Morgan fingerprint density at radius 2 is 1.95 bits per heavy atom. The zero-order chi connectivity index (χ0) is 13.2. The molecule has 0 saturated carbocycles. The summed E-state index contributed by atoms with van der Waals surface area (Å²) in [6.07, 6.45) is 1.53. The fraction of sp³-hybridized carbons (Fsp3) is 0. The minimum atomic E-state index is -0.436. The Morgan fingerprint density at radius 1 is 1.16 bits per heavy atom. The average Bonchev–Trinajstić information content (AvgIpc) is 2.89. The lowest BCUT2D eigenvalue weighted by molar-refractivity contribution is 0.100. The van der Waals surface area contributed by atoms with Crippen LogP contribution in [0.15, 0.2) is 42.0 Å². The van der Waals surface area contributed by atoms with Crippen molar-refractivity contribution in [3.63, 3.8) is 0 Å². The highest BCUT2D eigenvalue weighted by molar-refractivity contribution is 7.16. The van der Waals surface area contributed by atoms with Gasteiger partial charge in [-0.05, 0) is 35.7 Å². The van der Waals surface area contributed by atoms with Gasteiger partial charge in [-0.15, -0.1) is 11.3 Å². The van der Waals surface area contributed by atoms with E-state index in [1.807, 2.05) is 11.4 Å². The maximum absolute atomic E-state index is 11.0. The van der Waals surface area contributed by atoms with Crippen molar-refractivity contribution >= 4 is 39.0 Å². The number of nitrogens with two attached hydrogens (primary N) is 1. The molecule has 0 bridgehead atoms. The van der Waals surface area contributed by atoms with Crippen LogP contribution < -0.4 is 11.1 Å². The molecule has 0 unspecified atom stereocenters. The second-order valence-corrected chi connectivity index (χ2v) is 4.82. The zero-order valence-electron chi connectivity index (χ0n) is 9.83. The molecule has 0 radical (unpaired) electrons. The molecule has 5 nitrogen and oxygen atoms in total. The highest BCUT2D eigenvalue weighted by Gasteiger charge is 2.05. The van der Waals surface area contributed by atoms with E-state index in [-0.39, 0.29) is 0 Å². The Morgan fingerprint density at radius 3 is 2.68 bits per heavy atom. The lowest BCUT2D eigenvalue weighted by Crippen LogP contribution is -2.10. The van der Waals surface area contributed by atoms with Gasteiger partial charge in [0.25, 0.3) is 0 Å². The molecule has 3 aromatic rings. The van der Waals surface area contributed by atoms with Crippen LogP contribution in [0.2, 0.25) is 0 Å². The molecule has 1 aromatic carbocycles. The van der Waals surface area contributed by atoms with E-state index in [9.17, 15) is 4.79 Å². The Hall–Kier alpha value is -2.47. The molecule has 0 spiro atoms. The van der Waals surface area contributed by atoms with Crippen molar-refractivity contribution in [3.8, 4) is 0 Å². The van der Waals surface area contributed by atoms with Gasteiger partial charge in [-0.25, -0.2) is 9.97 Å².